The van der Waals surface area contributed by atoms with Crippen molar-refractivity contribution < 1.29 is 15.7 Å². The lowest BCUT2D eigenvalue weighted by Gasteiger charge is -2.19. The number of nitrogens with zero attached hydrogens (tertiary/aromatic N) is 4. The predicted molar refractivity (Wildman–Crippen MR) is 146 cm³/mol. The Morgan fingerprint density at radius 3 is 1.78 bits per heavy atom. The van der Waals surface area contributed by atoms with Gasteiger partial charge in [0, 0.05) is 56.3 Å². The first-order valence-corrected chi connectivity index (χ1v) is 13.6. The second-order valence-corrected chi connectivity index (χ2v) is 12.2. The van der Waals surface area contributed by atoms with Gasteiger partial charge in [0.2, 0.25) is 0 Å². The lowest BCUT2D eigenvalue weighted by Crippen LogP contribution is -2.20. The minimum Gasteiger partial charge on any atom is -0.370 e. The average molecular weight is 651 g/mol. The molecule has 2 spiro atoms. The number of non-ortho nitro benzene ring substituents is 2. The number of rotatable bonds is 3. The van der Waals surface area contributed by atoms with Crippen molar-refractivity contribution in [2.24, 2.45) is 10.8 Å². The van der Waals surface area contributed by atoms with Crippen molar-refractivity contribution in [3.8, 4) is 0 Å². The molecule has 0 bridgehead atoms. The van der Waals surface area contributed by atoms with Crippen LogP contribution in [0.4, 0.5) is 21.5 Å². The van der Waals surface area contributed by atoms with Gasteiger partial charge in [0.15, 0.2) is 0 Å². The van der Waals surface area contributed by atoms with Crippen LogP contribution in [0.5, 0.6) is 0 Å². The maximum atomic E-state index is 12.5. The zero-order chi connectivity index (χ0) is 26.1. The molecule has 2 aromatic rings. The van der Waals surface area contributed by atoms with Gasteiger partial charge in [-0.2, -0.15) is 0 Å². The average Bonchev–Trinajstić information content (AvgIpc) is 3.68. The van der Waals surface area contributed by atoms with E-state index in [1.165, 1.54) is 38.5 Å². The van der Waals surface area contributed by atoms with Crippen LogP contribution in [-0.2, 0) is 0 Å². The van der Waals surface area contributed by atoms with E-state index in [1.807, 2.05) is 10.5 Å². The van der Waals surface area contributed by atoms with Crippen molar-refractivity contribution in [2.75, 3.05) is 31.1 Å². The highest BCUT2D eigenvalue weighted by atomic mass is 79.9. The standard InChI is InChI=1S/C12H13BrN2O2.C6H3BrFNO2.C6H10ClN.H2/c13-10-7-9(15(16)17)1-2-11(10)14-6-5-12(8-14)3-4-12;7-5-3-4(9(10)11)1-2-6(5)8;7-8-4-3-6(5-8)1-2-6;/h1-2,7H,3-6,8H2;1-3H;1-5H2;1H. The second kappa shape index (κ2) is 10.9. The highest BCUT2D eigenvalue weighted by Crippen LogP contribution is 2.54. The molecule has 4 fully saturated rings. The summed E-state index contributed by atoms with van der Waals surface area (Å²) in [5.41, 5.74) is 2.38. The minimum absolute atomic E-state index is 0. The van der Waals surface area contributed by atoms with Gasteiger partial charge in [0.1, 0.15) is 5.82 Å². The molecule has 0 aromatic heterocycles. The van der Waals surface area contributed by atoms with E-state index in [0.29, 0.717) is 10.8 Å². The number of halogens is 4. The maximum absolute atomic E-state index is 12.5. The zero-order valence-corrected chi connectivity index (χ0v) is 23.4. The van der Waals surface area contributed by atoms with Gasteiger partial charge in [0.25, 0.3) is 11.4 Å². The highest BCUT2D eigenvalue weighted by molar-refractivity contribution is 9.10. The summed E-state index contributed by atoms with van der Waals surface area (Å²) in [6, 6.07) is 8.30. The molecule has 4 aliphatic rings. The fourth-order valence-corrected chi connectivity index (χ4v) is 5.98. The zero-order valence-electron chi connectivity index (χ0n) is 19.5. The number of benzene rings is 2. The summed E-state index contributed by atoms with van der Waals surface area (Å²) in [4.78, 5) is 22.2. The smallest absolute Gasteiger partial charge is 0.270 e. The van der Waals surface area contributed by atoms with Gasteiger partial charge in [-0.25, -0.2) is 8.81 Å². The Labute approximate surface area is 231 Å². The molecule has 196 valence electrons. The molecule has 36 heavy (non-hydrogen) atoms. The Balaban J connectivity index is 0.000000164. The fraction of sp³-hybridized carbons (Fsp3) is 0.500. The van der Waals surface area contributed by atoms with Crippen LogP contribution in [0, 0.1) is 36.9 Å². The van der Waals surface area contributed by atoms with E-state index in [4.69, 9.17) is 11.8 Å². The van der Waals surface area contributed by atoms with Crippen molar-refractivity contribution in [1.82, 2.24) is 4.42 Å². The van der Waals surface area contributed by atoms with E-state index in [9.17, 15) is 24.6 Å². The molecule has 0 radical (unpaired) electrons. The first-order chi connectivity index (χ1) is 17.0. The van der Waals surface area contributed by atoms with Crippen LogP contribution < -0.4 is 4.90 Å². The summed E-state index contributed by atoms with van der Waals surface area (Å²) in [5.74, 6) is -0.504. The predicted octanol–water partition coefficient (Wildman–Crippen LogP) is 7.72. The Kier molecular flexibility index (Phi) is 8.23. The summed E-state index contributed by atoms with van der Waals surface area (Å²) in [6.07, 6.45) is 8.14. The molecule has 2 aliphatic carbocycles. The fourth-order valence-electron chi connectivity index (χ4n) is 4.66. The number of hydrogen-bond acceptors (Lipinski definition) is 6. The highest BCUT2D eigenvalue weighted by Gasteiger charge is 2.48. The van der Waals surface area contributed by atoms with Crippen LogP contribution in [0.25, 0.3) is 0 Å². The van der Waals surface area contributed by atoms with Crippen molar-refractivity contribution in [3.63, 3.8) is 0 Å². The van der Waals surface area contributed by atoms with Gasteiger partial charge in [-0.15, -0.1) is 0 Å². The maximum Gasteiger partial charge on any atom is 0.270 e. The molecule has 2 heterocycles. The van der Waals surface area contributed by atoms with Crippen LogP contribution in [0.2, 0.25) is 0 Å². The molecular weight excluding hydrogens is 623 g/mol. The van der Waals surface area contributed by atoms with Crippen LogP contribution in [0.1, 0.15) is 40.0 Å². The molecule has 0 N–H and O–H groups in total. The lowest BCUT2D eigenvalue weighted by atomic mass is 10.1. The minimum atomic E-state index is -0.579. The van der Waals surface area contributed by atoms with Crippen molar-refractivity contribution >= 4 is 60.7 Å². The van der Waals surface area contributed by atoms with E-state index in [0.717, 1.165) is 54.5 Å². The summed E-state index contributed by atoms with van der Waals surface area (Å²) in [6.45, 7) is 4.43. The van der Waals surface area contributed by atoms with Gasteiger partial charge in [-0.1, -0.05) is 0 Å². The number of nitro groups is 2. The normalized spacial score (nSPS) is 20.4. The molecule has 2 aliphatic heterocycles. The molecular formula is C24H28Br2ClFN4O4. The van der Waals surface area contributed by atoms with Crippen molar-refractivity contribution in [1.29, 1.82) is 0 Å². The number of nitro benzene ring substituents is 2. The van der Waals surface area contributed by atoms with Gasteiger partial charge in [-0.3, -0.25) is 20.2 Å². The van der Waals surface area contributed by atoms with Crippen LogP contribution >= 0.6 is 43.6 Å². The van der Waals surface area contributed by atoms with E-state index in [2.05, 4.69) is 36.8 Å². The molecule has 2 aromatic carbocycles. The molecule has 2 saturated carbocycles. The largest absolute Gasteiger partial charge is 0.370 e. The van der Waals surface area contributed by atoms with Gasteiger partial charge >= 0.3 is 0 Å². The first kappa shape index (κ1) is 27.2. The van der Waals surface area contributed by atoms with Crippen molar-refractivity contribution in [2.45, 2.75) is 38.5 Å². The SMILES string of the molecule is ClN1CCC2(CC2)C1.O=[N+]([O-])c1ccc(F)c(Br)c1.O=[N+]([O-])c1ccc(N2CCC3(CC3)C2)c(Br)c1.[HH]. The summed E-state index contributed by atoms with van der Waals surface area (Å²) in [5, 5.41) is 20.8. The Hall–Kier alpha value is -1.82. The number of hydrogen-bond donors (Lipinski definition) is 0. The van der Waals surface area contributed by atoms with Crippen LogP contribution in [0.3, 0.4) is 0 Å². The summed E-state index contributed by atoms with van der Waals surface area (Å²) in [7, 11) is 0. The molecule has 2 saturated heterocycles. The van der Waals surface area contributed by atoms with E-state index < -0.39 is 10.7 Å². The van der Waals surface area contributed by atoms with E-state index in [1.54, 1.807) is 12.1 Å². The topological polar surface area (TPSA) is 92.8 Å². The third-order valence-electron chi connectivity index (χ3n) is 7.34. The first-order valence-electron chi connectivity index (χ1n) is 11.7. The molecule has 12 heteroatoms. The quantitative estimate of drug-likeness (QED) is 0.192. The van der Waals surface area contributed by atoms with Gasteiger partial charge in [-0.05, 0) is 105 Å². The van der Waals surface area contributed by atoms with Crippen LogP contribution in [0.15, 0.2) is 45.3 Å². The second-order valence-electron chi connectivity index (χ2n) is 10.0. The molecule has 6 rings (SSSR count). The van der Waals surface area contributed by atoms with E-state index >= 15 is 0 Å². The monoisotopic (exact) mass is 648 g/mol. The number of anilines is 1. The summed E-state index contributed by atoms with van der Waals surface area (Å²) < 4.78 is 15.3. The van der Waals surface area contributed by atoms with E-state index in [-0.39, 0.29) is 22.2 Å². The van der Waals surface area contributed by atoms with Crippen LogP contribution in [-0.4, -0.2) is 40.4 Å². The molecule has 8 nitrogen and oxygen atoms in total. The van der Waals surface area contributed by atoms with Gasteiger partial charge < -0.3 is 4.90 Å². The third kappa shape index (κ3) is 6.73. The Morgan fingerprint density at radius 1 is 0.833 bits per heavy atom. The third-order valence-corrected chi connectivity index (χ3v) is 8.87. The molecule has 0 atom stereocenters. The summed E-state index contributed by atoms with van der Waals surface area (Å²) >= 11 is 12.0. The Bertz CT molecular complexity index is 1170. The Morgan fingerprint density at radius 2 is 1.36 bits per heavy atom. The molecule has 0 amide bonds. The lowest BCUT2D eigenvalue weighted by molar-refractivity contribution is -0.385. The van der Waals surface area contributed by atoms with Gasteiger partial charge in [0.05, 0.1) is 20.0 Å². The molecule has 0 unspecified atom stereocenters. The van der Waals surface area contributed by atoms with Crippen molar-refractivity contribution in [3.05, 3.63) is 71.4 Å².